The zero-order chi connectivity index (χ0) is 14.9. The van der Waals surface area contributed by atoms with E-state index >= 15 is 0 Å². The minimum atomic E-state index is -1.47. The highest BCUT2D eigenvalue weighted by Gasteiger charge is 2.94. The van der Waals surface area contributed by atoms with Crippen molar-refractivity contribution >= 4 is 5.97 Å². The number of carbonyl (C=O) groups is 1. The fourth-order valence-electron chi connectivity index (χ4n) is 5.49. The fraction of sp³-hybridized carbons (Fsp3) is 0.800. The lowest BCUT2D eigenvalue weighted by atomic mass is 9.52. The molecule has 9 atom stereocenters. The van der Waals surface area contributed by atoms with Crippen LogP contribution in [0.5, 0.6) is 0 Å². The van der Waals surface area contributed by atoms with Crippen molar-refractivity contribution < 1.29 is 29.2 Å². The van der Waals surface area contributed by atoms with Gasteiger partial charge in [-0.1, -0.05) is 19.1 Å². The summed E-state index contributed by atoms with van der Waals surface area (Å²) in [6.07, 6.45) is -2.37. The highest BCUT2D eigenvalue weighted by atomic mass is 16.7. The van der Waals surface area contributed by atoms with Crippen molar-refractivity contribution in [3.8, 4) is 0 Å². The first-order chi connectivity index (χ1) is 9.80. The van der Waals surface area contributed by atoms with Gasteiger partial charge < -0.3 is 24.4 Å². The zero-order valence-corrected chi connectivity index (χ0v) is 11.9. The molecule has 3 saturated heterocycles. The minimum absolute atomic E-state index is 0.236. The lowest BCUT2D eigenvalue weighted by Crippen LogP contribution is -2.70. The second-order valence-electron chi connectivity index (χ2n) is 7.38. The van der Waals surface area contributed by atoms with Crippen LogP contribution < -0.4 is 0 Å². The van der Waals surface area contributed by atoms with Crippen molar-refractivity contribution in [1.82, 2.24) is 0 Å². The van der Waals surface area contributed by atoms with E-state index in [2.05, 4.69) is 6.58 Å². The van der Waals surface area contributed by atoms with E-state index in [1.165, 1.54) is 0 Å². The number of epoxide rings is 2. The van der Waals surface area contributed by atoms with Gasteiger partial charge in [-0.25, -0.2) is 0 Å². The molecule has 2 saturated carbocycles. The van der Waals surface area contributed by atoms with Gasteiger partial charge in [-0.05, 0) is 6.92 Å². The lowest BCUT2D eigenvalue weighted by Gasteiger charge is -2.54. The highest BCUT2D eigenvalue weighted by molar-refractivity contribution is 5.80. The molecule has 5 aliphatic rings. The van der Waals surface area contributed by atoms with Crippen molar-refractivity contribution in [3.05, 3.63) is 12.2 Å². The van der Waals surface area contributed by atoms with Gasteiger partial charge in [0, 0.05) is 5.92 Å². The van der Waals surface area contributed by atoms with Gasteiger partial charge >= 0.3 is 5.97 Å². The predicted molar refractivity (Wildman–Crippen MR) is 68.1 cm³/mol. The predicted octanol–water partition coefficient (Wildman–Crippen LogP) is -0.618. The number of carbonyl (C=O) groups excluding carboxylic acids is 1. The molecule has 114 valence electrons. The summed E-state index contributed by atoms with van der Waals surface area (Å²) >= 11 is 0. The van der Waals surface area contributed by atoms with E-state index in [0.29, 0.717) is 6.61 Å². The largest absolute Gasteiger partial charge is 0.459 e. The Kier molecular flexibility index (Phi) is 1.83. The minimum Gasteiger partial charge on any atom is -0.459 e. The number of aliphatic hydroxyl groups excluding tert-OH is 1. The maximum atomic E-state index is 12.4. The Bertz CT molecular complexity index is 597. The second-order valence-corrected chi connectivity index (χ2v) is 7.38. The van der Waals surface area contributed by atoms with Crippen LogP contribution in [0.2, 0.25) is 0 Å². The molecule has 2 bridgehead atoms. The Morgan fingerprint density at radius 3 is 2.67 bits per heavy atom. The van der Waals surface area contributed by atoms with Crippen LogP contribution >= 0.6 is 0 Å². The summed E-state index contributed by atoms with van der Waals surface area (Å²) in [5, 5.41) is 22.4. The number of ether oxygens (including phenoxy) is 3. The van der Waals surface area contributed by atoms with E-state index in [0.717, 1.165) is 5.57 Å². The fourth-order valence-corrected chi connectivity index (χ4v) is 5.49. The van der Waals surface area contributed by atoms with Crippen LogP contribution in [0.4, 0.5) is 0 Å². The van der Waals surface area contributed by atoms with Gasteiger partial charge in [-0.3, -0.25) is 4.79 Å². The summed E-state index contributed by atoms with van der Waals surface area (Å²) in [5.41, 5.74) is -2.38. The zero-order valence-electron chi connectivity index (χ0n) is 11.9. The molecule has 3 heterocycles. The normalized spacial score (nSPS) is 65.8. The van der Waals surface area contributed by atoms with Crippen molar-refractivity contribution in [1.29, 1.82) is 0 Å². The summed E-state index contributed by atoms with van der Waals surface area (Å²) in [6, 6.07) is 0. The first kappa shape index (κ1) is 12.6. The molecule has 0 aromatic carbocycles. The third-order valence-electron chi connectivity index (χ3n) is 6.72. The van der Waals surface area contributed by atoms with Gasteiger partial charge in [0.05, 0.1) is 17.9 Å². The molecule has 0 amide bonds. The Balaban J connectivity index is 1.76. The van der Waals surface area contributed by atoms with Crippen molar-refractivity contribution in [3.63, 3.8) is 0 Å². The number of fused-ring (bicyclic) bond motifs is 8. The molecule has 5 rings (SSSR count). The van der Waals surface area contributed by atoms with Crippen molar-refractivity contribution in [2.75, 3.05) is 6.61 Å². The first-order valence-electron chi connectivity index (χ1n) is 7.36. The van der Waals surface area contributed by atoms with E-state index in [9.17, 15) is 15.0 Å². The maximum absolute atomic E-state index is 12.4. The average Bonchev–Trinajstić information content (AvgIpc) is 3.27. The van der Waals surface area contributed by atoms with Gasteiger partial charge in [0.25, 0.3) is 0 Å². The van der Waals surface area contributed by atoms with Gasteiger partial charge in [0.2, 0.25) is 0 Å². The van der Waals surface area contributed by atoms with Crippen molar-refractivity contribution in [2.45, 2.75) is 49.5 Å². The third kappa shape index (κ3) is 0.958. The Morgan fingerprint density at radius 1 is 1.43 bits per heavy atom. The van der Waals surface area contributed by atoms with Crippen molar-refractivity contribution in [2.24, 2.45) is 17.3 Å². The highest BCUT2D eigenvalue weighted by Crippen LogP contribution is 2.75. The van der Waals surface area contributed by atoms with Crippen LogP contribution in [0.3, 0.4) is 0 Å². The molecular weight excluding hydrogens is 276 g/mol. The summed E-state index contributed by atoms with van der Waals surface area (Å²) in [6.45, 7) is 7.96. The maximum Gasteiger partial charge on any atom is 0.313 e. The third-order valence-corrected chi connectivity index (χ3v) is 6.72. The van der Waals surface area contributed by atoms with E-state index in [4.69, 9.17) is 14.2 Å². The molecule has 2 N–H and O–H groups in total. The Hall–Kier alpha value is -0.950. The summed E-state index contributed by atoms with van der Waals surface area (Å²) in [5.74, 6) is -1.60. The molecule has 0 radical (unpaired) electrons. The average molecular weight is 294 g/mol. The van der Waals surface area contributed by atoms with Crippen LogP contribution in [-0.2, 0) is 19.0 Å². The summed E-state index contributed by atoms with van der Waals surface area (Å²) in [4.78, 5) is 12.4. The number of aliphatic hydroxyl groups is 2. The van der Waals surface area contributed by atoms with Gasteiger partial charge in [-0.2, -0.15) is 0 Å². The summed E-state index contributed by atoms with van der Waals surface area (Å²) < 4.78 is 16.7. The quantitative estimate of drug-likeness (QED) is 0.380. The second kappa shape index (κ2) is 3.06. The number of hydrogen-bond donors (Lipinski definition) is 2. The molecule has 3 aliphatic heterocycles. The van der Waals surface area contributed by atoms with Gasteiger partial charge in [-0.15, -0.1) is 0 Å². The monoisotopic (exact) mass is 294 g/mol. The molecule has 6 nitrogen and oxygen atoms in total. The van der Waals surface area contributed by atoms with Crippen LogP contribution in [0.1, 0.15) is 13.8 Å². The van der Waals surface area contributed by atoms with Crippen LogP contribution in [0.25, 0.3) is 0 Å². The molecule has 0 aromatic heterocycles. The van der Waals surface area contributed by atoms with Gasteiger partial charge in [0.15, 0.2) is 0 Å². The number of esters is 1. The Labute approximate surface area is 121 Å². The van der Waals surface area contributed by atoms with E-state index in [1.54, 1.807) is 13.8 Å². The molecule has 21 heavy (non-hydrogen) atoms. The lowest BCUT2D eigenvalue weighted by molar-refractivity contribution is -0.232. The molecule has 5 fully saturated rings. The van der Waals surface area contributed by atoms with Crippen LogP contribution in [0.15, 0.2) is 12.2 Å². The topological polar surface area (TPSA) is 91.8 Å². The Morgan fingerprint density at radius 2 is 2.10 bits per heavy atom. The number of hydrogen-bond acceptors (Lipinski definition) is 6. The van der Waals surface area contributed by atoms with E-state index < -0.39 is 46.8 Å². The van der Waals surface area contributed by atoms with Crippen LogP contribution in [-0.4, -0.2) is 58.4 Å². The first-order valence-corrected chi connectivity index (χ1v) is 7.36. The molecule has 2 aliphatic carbocycles. The van der Waals surface area contributed by atoms with Crippen LogP contribution in [0, 0.1) is 17.3 Å². The van der Waals surface area contributed by atoms with Gasteiger partial charge in [0.1, 0.15) is 35.6 Å². The molecule has 0 aromatic rings. The molecule has 6 heteroatoms. The van der Waals surface area contributed by atoms with E-state index in [-0.39, 0.29) is 12.0 Å². The molecule has 1 spiro atoms. The standard InChI is InChI=1S/C15H18O6/c1-5(2)6-7-12(17)20-8(6)9(16)13(3)14(4-19-14)10-11(21-10)15(7,13)18/h6-11,16,18H,1,4H2,2-3H3/t6-,7+,8+,9+,10+,11-,13+,14-,15+/m0/s1. The summed E-state index contributed by atoms with van der Waals surface area (Å²) in [7, 11) is 0. The smallest absolute Gasteiger partial charge is 0.313 e. The number of rotatable bonds is 1. The van der Waals surface area contributed by atoms with E-state index in [1.807, 2.05) is 0 Å². The molecular formula is C15H18O6. The molecule has 0 unspecified atom stereocenters. The SMILES string of the molecule is C=C(C)[C@@H]1[C@H]2OC(=O)[C@@H]1[C@@]1(O)[C@H]3O[C@H]3[C@@]3(CO3)[C@@]1(C)[C@@H]2O.